The molecule has 0 amide bonds. The second kappa shape index (κ2) is 9.70. The number of ether oxygens (including phenoxy) is 3. The van der Waals surface area contributed by atoms with Crippen molar-refractivity contribution < 1.29 is 27.4 Å². The summed E-state index contributed by atoms with van der Waals surface area (Å²) in [6.07, 6.45) is -6.05. The molecule has 0 aromatic carbocycles. The maximum atomic E-state index is 13.9. The van der Waals surface area contributed by atoms with E-state index in [1.165, 1.54) is 30.1 Å². The van der Waals surface area contributed by atoms with Gasteiger partial charge in [-0.2, -0.15) is 13.2 Å². The van der Waals surface area contributed by atoms with Crippen LogP contribution in [-0.4, -0.2) is 48.2 Å². The lowest BCUT2D eigenvalue weighted by Gasteiger charge is -2.27. The zero-order valence-corrected chi connectivity index (χ0v) is 20.9. The maximum absolute atomic E-state index is 13.9. The van der Waals surface area contributed by atoms with Crippen LogP contribution in [0.25, 0.3) is 10.2 Å². The van der Waals surface area contributed by atoms with Gasteiger partial charge >= 0.3 is 11.9 Å². The number of nitrogens with one attached hydrogen (secondary N) is 2. The quantitative estimate of drug-likeness (QED) is 0.376. The summed E-state index contributed by atoms with van der Waals surface area (Å²) in [6, 6.07) is 0. The van der Waals surface area contributed by atoms with Crippen molar-refractivity contribution >= 4 is 21.6 Å². The number of aromatic nitrogens is 2. The monoisotopic (exact) mass is 508 g/mol. The first-order chi connectivity index (χ1) is 15.8. The van der Waals surface area contributed by atoms with Crippen LogP contribution >= 0.6 is 11.3 Å². The van der Waals surface area contributed by atoms with E-state index in [-0.39, 0.29) is 37.9 Å². The van der Waals surface area contributed by atoms with E-state index in [0.717, 1.165) is 0 Å². The highest BCUT2D eigenvalue weighted by Crippen LogP contribution is 2.54. The van der Waals surface area contributed by atoms with Gasteiger partial charge in [0.15, 0.2) is 0 Å². The number of hydrogen-bond acceptors (Lipinski definition) is 8. The lowest BCUT2D eigenvalue weighted by molar-refractivity contribution is -0.203. The van der Waals surface area contributed by atoms with Crippen molar-refractivity contribution in [1.82, 2.24) is 20.0 Å². The predicted octanol–water partition coefficient (Wildman–Crippen LogP) is 2.57. The summed E-state index contributed by atoms with van der Waals surface area (Å²) in [7, 11) is 2.91. The maximum Gasteiger partial charge on any atom is 0.412 e. The minimum absolute atomic E-state index is 0.0241. The van der Waals surface area contributed by atoms with E-state index >= 15 is 0 Å². The molecule has 0 radical (unpaired) electrons. The fourth-order valence-corrected chi connectivity index (χ4v) is 5.00. The van der Waals surface area contributed by atoms with Crippen LogP contribution in [0.4, 0.5) is 13.2 Å². The summed E-state index contributed by atoms with van der Waals surface area (Å²) in [5, 5.41) is 0.113. The average Bonchev–Trinajstić information content (AvgIpc) is 3.46. The summed E-state index contributed by atoms with van der Waals surface area (Å²) < 4.78 is 59.1. The molecule has 13 heteroatoms. The van der Waals surface area contributed by atoms with E-state index in [4.69, 9.17) is 14.2 Å². The molecule has 0 aliphatic heterocycles. The fourth-order valence-electron chi connectivity index (χ4n) is 3.74. The largest absolute Gasteiger partial charge is 0.412 e. The zero-order chi connectivity index (χ0) is 25.5. The normalized spacial score (nSPS) is 16.9. The van der Waals surface area contributed by atoms with E-state index in [1.54, 1.807) is 6.92 Å². The zero-order valence-electron chi connectivity index (χ0n) is 20.1. The van der Waals surface area contributed by atoms with Crippen LogP contribution < -0.4 is 22.1 Å². The number of fused-ring (bicyclic) bond motifs is 1. The molecule has 1 atom stereocenters. The molecule has 2 aromatic heterocycles. The van der Waals surface area contributed by atoms with Gasteiger partial charge in [0, 0.05) is 25.6 Å². The van der Waals surface area contributed by atoms with Gasteiger partial charge in [-0.1, -0.05) is 0 Å². The SMILES string of the molecule is COCCn1c(=O)n(C2(C(F)(F)F)CC2)c(=O)c2c(C)c(CNNC(OC)OC(C)(C)C)sc21. The third kappa shape index (κ3) is 5.09. The highest BCUT2D eigenvalue weighted by Gasteiger charge is 2.66. The number of alkyl halides is 3. The third-order valence-electron chi connectivity index (χ3n) is 5.65. The molecule has 192 valence electrons. The van der Waals surface area contributed by atoms with Crippen LogP contribution in [0.5, 0.6) is 0 Å². The Kier molecular flexibility index (Phi) is 7.66. The Balaban J connectivity index is 2.03. The first-order valence-corrected chi connectivity index (χ1v) is 11.6. The molecule has 0 bridgehead atoms. The standard InChI is InChI=1S/C21H31F3N4O5S/c1-12-13(11-25-26-17(32-6)33-19(2,3)4)34-16-14(12)15(29)28(18(30)27(16)9-10-31-5)20(7-8-20)21(22,23)24/h17,25-26H,7-11H2,1-6H3. The minimum atomic E-state index is -4.71. The highest BCUT2D eigenvalue weighted by molar-refractivity contribution is 7.18. The molecular weight excluding hydrogens is 477 g/mol. The molecule has 1 unspecified atom stereocenters. The Hall–Kier alpha value is -1.77. The molecule has 2 aromatic rings. The Bertz CT molecular complexity index is 1140. The topological polar surface area (TPSA) is 95.8 Å². The molecule has 1 aliphatic carbocycles. The Morgan fingerprint density at radius 3 is 2.32 bits per heavy atom. The van der Waals surface area contributed by atoms with Crippen LogP contribution in [0, 0.1) is 6.92 Å². The second-order valence-electron chi connectivity index (χ2n) is 9.22. The lowest BCUT2D eigenvalue weighted by Crippen LogP contribution is -2.51. The number of thiophene rings is 1. The van der Waals surface area contributed by atoms with Crippen molar-refractivity contribution in [2.75, 3.05) is 20.8 Å². The van der Waals surface area contributed by atoms with E-state index in [1.807, 2.05) is 20.8 Å². The first kappa shape index (κ1) is 26.8. The lowest BCUT2D eigenvalue weighted by atomic mass is 10.2. The van der Waals surface area contributed by atoms with Crippen molar-refractivity contribution in [3.05, 3.63) is 31.3 Å². The molecule has 1 saturated carbocycles. The Morgan fingerprint density at radius 1 is 1.18 bits per heavy atom. The molecule has 1 fully saturated rings. The van der Waals surface area contributed by atoms with Crippen molar-refractivity contribution in [1.29, 1.82) is 0 Å². The molecule has 34 heavy (non-hydrogen) atoms. The Morgan fingerprint density at radius 2 is 1.82 bits per heavy atom. The summed E-state index contributed by atoms with van der Waals surface area (Å²) in [5.41, 5.74) is 1.55. The van der Waals surface area contributed by atoms with Crippen LogP contribution in [0.3, 0.4) is 0 Å². The number of hydrogen-bond donors (Lipinski definition) is 2. The van der Waals surface area contributed by atoms with Gasteiger partial charge in [0.1, 0.15) is 10.4 Å². The number of methoxy groups -OCH3 is 2. The Labute approximate surface area is 198 Å². The minimum Gasteiger partial charge on any atom is -0.383 e. The molecule has 9 nitrogen and oxygen atoms in total. The summed E-state index contributed by atoms with van der Waals surface area (Å²) >= 11 is 1.18. The van der Waals surface area contributed by atoms with E-state index in [9.17, 15) is 22.8 Å². The van der Waals surface area contributed by atoms with Crippen molar-refractivity contribution in [3.8, 4) is 0 Å². The van der Waals surface area contributed by atoms with Crippen LogP contribution in [-0.2, 0) is 32.8 Å². The summed E-state index contributed by atoms with van der Waals surface area (Å²) in [6.45, 7) is 7.63. The third-order valence-corrected chi connectivity index (χ3v) is 6.97. The van der Waals surface area contributed by atoms with Gasteiger partial charge < -0.3 is 14.2 Å². The average molecular weight is 509 g/mol. The van der Waals surface area contributed by atoms with Gasteiger partial charge in [-0.25, -0.2) is 20.2 Å². The highest BCUT2D eigenvalue weighted by atomic mass is 32.1. The number of aryl methyl sites for hydroxylation is 1. The van der Waals surface area contributed by atoms with Crippen LogP contribution in [0.1, 0.15) is 44.1 Å². The molecular formula is C21H31F3N4O5S. The van der Waals surface area contributed by atoms with Gasteiger partial charge in [0.2, 0.25) is 6.41 Å². The van der Waals surface area contributed by atoms with Gasteiger partial charge in [0.05, 0.1) is 24.1 Å². The van der Waals surface area contributed by atoms with Gasteiger partial charge in [-0.3, -0.25) is 9.36 Å². The first-order valence-electron chi connectivity index (χ1n) is 10.8. The molecule has 3 rings (SSSR count). The number of nitrogens with zero attached hydrogens (tertiary/aromatic N) is 2. The molecule has 0 saturated heterocycles. The molecule has 2 heterocycles. The predicted molar refractivity (Wildman–Crippen MR) is 122 cm³/mol. The van der Waals surface area contributed by atoms with Gasteiger partial charge in [0.25, 0.3) is 5.56 Å². The van der Waals surface area contributed by atoms with Crippen molar-refractivity contribution in [3.63, 3.8) is 0 Å². The van der Waals surface area contributed by atoms with Crippen molar-refractivity contribution in [2.24, 2.45) is 0 Å². The number of hydrazine groups is 1. The van der Waals surface area contributed by atoms with Crippen molar-refractivity contribution in [2.45, 2.75) is 77.4 Å². The smallest absolute Gasteiger partial charge is 0.383 e. The van der Waals surface area contributed by atoms with Gasteiger partial charge in [-0.15, -0.1) is 11.3 Å². The fraction of sp³-hybridized carbons (Fsp3) is 0.714. The van der Waals surface area contributed by atoms with E-state index in [0.29, 0.717) is 19.8 Å². The second-order valence-corrected chi connectivity index (χ2v) is 10.3. The van der Waals surface area contributed by atoms with Gasteiger partial charge in [-0.05, 0) is 46.1 Å². The summed E-state index contributed by atoms with van der Waals surface area (Å²) in [4.78, 5) is 27.4. The number of rotatable bonds is 10. The van der Waals surface area contributed by atoms with Crippen LogP contribution in [0.15, 0.2) is 9.59 Å². The molecule has 1 aliphatic rings. The molecule has 0 spiro atoms. The van der Waals surface area contributed by atoms with Crippen LogP contribution in [0.2, 0.25) is 0 Å². The molecule has 2 N–H and O–H groups in total. The van der Waals surface area contributed by atoms with E-state index < -0.39 is 35.0 Å². The van der Waals surface area contributed by atoms with E-state index in [2.05, 4.69) is 10.9 Å². The summed E-state index contributed by atoms with van der Waals surface area (Å²) in [5.74, 6) is 0. The number of halogens is 3.